The lowest BCUT2D eigenvalue weighted by atomic mass is 10.1. The normalized spacial score (nSPS) is 10.3. The van der Waals surface area contributed by atoms with Gasteiger partial charge in [-0.15, -0.1) is 0 Å². The zero-order valence-electron chi connectivity index (χ0n) is 11.9. The van der Waals surface area contributed by atoms with Crippen LogP contribution < -0.4 is 10.6 Å². The second-order valence-corrected chi connectivity index (χ2v) is 5.05. The van der Waals surface area contributed by atoms with Gasteiger partial charge in [0.2, 0.25) is 5.91 Å². The van der Waals surface area contributed by atoms with Crippen LogP contribution in [0.4, 0.5) is 4.39 Å². The van der Waals surface area contributed by atoms with Crippen molar-refractivity contribution in [2.75, 3.05) is 13.1 Å². The van der Waals surface area contributed by atoms with Crippen LogP contribution in [0.15, 0.2) is 18.2 Å². The maximum atomic E-state index is 13.1. The molecule has 0 bridgehead atoms. The van der Waals surface area contributed by atoms with Crippen LogP contribution in [0.5, 0.6) is 0 Å². The van der Waals surface area contributed by atoms with Crippen molar-refractivity contribution in [2.45, 2.75) is 26.8 Å². The summed E-state index contributed by atoms with van der Waals surface area (Å²) in [5.41, 5.74) is 0.865. The van der Waals surface area contributed by atoms with E-state index in [1.165, 1.54) is 12.1 Å². The fraction of sp³-hybridized carbons (Fsp3) is 0.467. The first-order valence-electron chi connectivity index (χ1n) is 6.69. The molecule has 0 aliphatic rings. The first-order chi connectivity index (χ1) is 9.52. The van der Waals surface area contributed by atoms with Crippen LogP contribution in [-0.4, -0.2) is 19.0 Å². The van der Waals surface area contributed by atoms with Gasteiger partial charge in [0.05, 0.1) is 5.56 Å². The number of hydrogen-bond donors (Lipinski definition) is 2. The van der Waals surface area contributed by atoms with Crippen molar-refractivity contribution in [1.82, 2.24) is 10.6 Å². The van der Waals surface area contributed by atoms with E-state index in [-0.39, 0.29) is 11.5 Å². The van der Waals surface area contributed by atoms with Crippen molar-refractivity contribution >= 4 is 5.91 Å². The van der Waals surface area contributed by atoms with E-state index >= 15 is 0 Å². The summed E-state index contributed by atoms with van der Waals surface area (Å²) >= 11 is 0. The summed E-state index contributed by atoms with van der Waals surface area (Å²) in [6, 6.07) is 6.23. The van der Waals surface area contributed by atoms with Gasteiger partial charge in [0.25, 0.3) is 0 Å². The third-order valence-electron chi connectivity index (χ3n) is 2.72. The van der Waals surface area contributed by atoms with Gasteiger partial charge in [-0.2, -0.15) is 5.26 Å². The van der Waals surface area contributed by atoms with Gasteiger partial charge >= 0.3 is 0 Å². The maximum absolute atomic E-state index is 13.1. The highest BCUT2D eigenvalue weighted by molar-refractivity contribution is 5.76. The van der Waals surface area contributed by atoms with Crippen molar-refractivity contribution < 1.29 is 9.18 Å². The van der Waals surface area contributed by atoms with Gasteiger partial charge in [-0.05, 0) is 23.6 Å². The molecule has 20 heavy (non-hydrogen) atoms. The Labute approximate surface area is 119 Å². The van der Waals surface area contributed by atoms with Crippen LogP contribution in [-0.2, 0) is 11.3 Å². The van der Waals surface area contributed by atoms with Crippen LogP contribution in [0.2, 0.25) is 0 Å². The molecule has 1 rings (SSSR count). The van der Waals surface area contributed by atoms with Crippen molar-refractivity contribution in [2.24, 2.45) is 5.92 Å². The topological polar surface area (TPSA) is 64.9 Å². The molecule has 0 radical (unpaired) electrons. The SMILES string of the molecule is CC(C)CNC(=O)CCNCc1ccc(F)c(C#N)c1. The highest BCUT2D eigenvalue weighted by Gasteiger charge is 2.04. The Balaban J connectivity index is 2.28. The Morgan fingerprint density at radius 2 is 2.20 bits per heavy atom. The molecule has 0 unspecified atom stereocenters. The fourth-order valence-electron chi connectivity index (χ4n) is 1.61. The summed E-state index contributed by atoms with van der Waals surface area (Å²) in [6.45, 7) is 5.82. The Hall–Kier alpha value is -1.93. The van der Waals surface area contributed by atoms with E-state index in [2.05, 4.69) is 10.6 Å². The van der Waals surface area contributed by atoms with Crippen LogP contribution in [0, 0.1) is 23.1 Å². The molecule has 0 saturated carbocycles. The lowest BCUT2D eigenvalue weighted by Crippen LogP contribution is -2.30. The number of amides is 1. The first kappa shape index (κ1) is 16.1. The van der Waals surface area contributed by atoms with Crippen molar-refractivity contribution in [1.29, 1.82) is 5.26 Å². The molecule has 2 N–H and O–H groups in total. The number of rotatable bonds is 7. The molecular formula is C15H20FN3O. The Morgan fingerprint density at radius 3 is 2.85 bits per heavy atom. The predicted molar refractivity (Wildman–Crippen MR) is 75.3 cm³/mol. The molecule has 1 amide bonds. The van der Waals surface area contributed by atoms with Crippen molar-refractivity contribution in [3.8, 4) is 6.07 Å². The van der Waals surface area contributed by atoms with Gasteiger partial charge in [-0.3, -0.25) is 4.79 Å². The lowest BCUT2D eigenvalue weighted by Gasteiger charge is -2.08. The van der Waals surface area contributed by atoms with E-state index in [9.17, 15) is 9.18 Å². The molecule has 1 aromatic rings. The summed E-state index contributed by atoms with van der Waals surface area (Å²) in [7, 11) is 0. The summed E-state index contributed by atoms with van der Waals surface area (Å²) < 4.78 is 13.1. The minimum Gasteiger partial charge on any atom is -0.356 e. The van der Waals surface area contributed by atoms with Gasteiger partial charge in [0, 0.05) is 26.1 Å². The molecule has 1 aromatic carbocycles. The van der Waals surface area contributed by atoms with E-state index in [1.807, 2.05) is 13.8 Å². The molecule has 0 aliphatic heterocycles. The van der Waals surface area contributed by atoms with Crippen LogP contribution in [0.1, 0.15) is 31.4 Å². The molecule has 108 valence electrons. The smallest absolute Gasteiger partial charge is 0.221 e. The minimum absolute atomic E-state index is 0.0167. The number of nitriles is 1. The molecular weight excluding hydrogens is 257 g/mol. The lowest BCUT2D eigenvalue weighted by molar-refractivity contribution is -0.121. The quantitative estimate of drug-likeness (QED) is 0.749. The summed E-state index contributed by atoms with van der Waals surface area (Å²) in [4.78, 5) is 11.5. The van der Waals surface area contributed by atoms with Crippen LogP contribution in [0.3, 0.4) is 0 Å². The minimum atomic E-state index is -0.510. The molecule has 0 aromatic heterocycles. The van der Waals surface area contributed by atoms with Crippen LogP contribution in [0.25, 0.3) is 0 Å². The van der Waals surface area contributed by atoms with Gasteiger partial charge < -0.3 is 10.6 Å². The second kappa shape index (κ2) is 8.28. The second-order valence-electron chi connectivity index (χ2n) is 5.05. The summed E-state index contributed by atoms with van der Waals surface area (Å²) in [5, 5.41) is 14.7. The molecule has 0 saturated heterocycles. The van der Waals surface area contributed by atoms with E-state index in [1.54, 1.807) is 12.1 Å². The Kier molecular flexibility index (Phi) is 6.68. The Morgan fingerprint density at radius 1 is 1.45 bits per heavy atom. The maximum Gasteiger partial charge on any atom is 0.221 e. The highest BCUT2D eigenvalue weighted by atomic mass is 19.1. The average Bonchev–Trinajstić information content (AvgIpc) is 2.43. The molecule has 0 aliphatic carbocycles. The first-order valence-corrected chi connectivity index (χ1v) is 6.69. The molecule has 4 nitrogen and oxygen atoms in total. The molecule has 0 fully saturated rings. The molecule has 0 spiro atoms. The third-order valence-corrected chi connectivity index (χ3v) is 2.72. The van der Waals surface area contributed by atoms with E-state index < -0.39 is 5.82 Å². The number of nitrogens with zero attached hydrogens (tertiary/aromatic N) is 1. The largest absolute Gasteiger partial charge is 0.356 e. The molecule has 5 heteroatoms. The van der Waals surface area contributed by atoms with Gasteiger partial charge in [0.1, 0.15) is 11.9 Å². The average molecular weight is 277 g/mol. The van der Waals surface area contributed by atoms with Crippen molar-refractivity contribution in [3.05, 3.63) is 35.1 Å². The number of carbonyl (C=O) groups excluding carboxylic acids is 1. The number of hydrogen-bond acceptors (Lipinski definition) is 3. The van der Waals surface area contributed by atoms with Crippen molar-refractivity contribution in [3.63, 3.8) is 0 Å². The zero-order chi connectivity index (χ0) is 15.0. The van der Waals surface area contributed by atoms with E-state index in [0.717, 1.165) is 5.56 Å². The summed E-state index contributed by atoms with van der Waals surface area (Å²) in [5.74, 6) is -0.0529. The predicted octanol–water partition coefficient (Wildman–Crippen LogP) is 1.95. The zero-order valence-corrected chi connectivity index (χ0v) is 11.9. The molecule has 0 atom stereocenters. The number of halogens is 1. The third kappa shape index (κ3) is 5.81. The number of benzene rings is 1. The Bertz CT molecular complexity index is 494. The molecule has 0 heterocycles. The monoisotopic (exact) mass is 277 g/mol. The number of carbonyl (C=O) groups is 1. The number of nitrogens with one attached hydrogen (secondary N) is 2. The standard InChI is InChI=1S/C15H20FN3O/c1-11(2)9-19-15(20)5-6-18-10-12-3-4-14(16)13(7-12)8-17/h3-4,7,11,18H,5-6,9-10H2,1-2H3,(H,19,20). The van der Waals surface area contributed by atoms with Crippen LogP contribution >= 0.6 is 0 Å². The fourth-order valence-corrected chi connectivity index (χ4v) is 1.61. The highest BCUT2D eigenvalue weighted by Crippen LogP contribution is 2.09. The van der Waals surface area contributed by atoms with E-state index in [4.69, 9.17) is 5.26 Å². The summed E-state index contributed by atoms with van der Waals surface area (Å²) in [6.07, 6.45) is 0.402. The van der Waals surface area contributed by atoms with Gasteiger partial charge in [-0.25, -0.2) is 4.39 Å². The van der Waals surface area contributed by atoms with Gasteiger partial charge in [0.15, 0.2) is 0 Å². The van der Waals surface area contributed by atoms with E-state index in [0.29, 0.717) is 32.0 Å². The van der Waals surface area contributed by atoms with Gasteiger partial charge in [-0.1, -0.05) is 19.9 Å².